The molecule has 2 heterocycles. The third-order valence-electron chi connectivity index (χ3n) is 4.37. The fraction of sp³-hybridized carbons (Fsp3) is 0.688. The van der Waals surface area contributed by atoms with Crippen LogP contribution in [-0.4, -0.2) is 42.6 Å². The fourth-order valence-electron chi connectivity index (χ4n) is 2.98. The van der Waals surface area contributed by atoms with Gasteiger partial charge in [0.25, 0.3) is 0 Å². The first-order valence-corrected chi connectivity index (χ1v) is 9.00. The van der Waals surface area contributed by atoms with Crippen molar-refractivity contribution in [1.82, 2.24) is 15.5 Å². The van der Waals surface area contributed by atoms with Crippen molar-refractivity contribution in [3.63, 3.8) is 0 Å². The molecule has 0 amide bonds. The summed E-state index contributed by atoms with van der Waals surface area (Å²) in [5.74, 6) is 1.65. The van der Waals surface area contributed by atoms with Crippen LogP contribution in [0.2, 0.25) is 0 Å². The molecule has 2 unspecified atom stereocenters. The monoisotopic (exact) mass is 434 g/mol. The van der Waals surface area contributed by atoms with E-state index in [1.165, 1.54) is 24.9 Å². The molecule has 1 saturated heterocycles. The number of aliphatic imine (C=N–C) groups is 1. The zero-order valence-electron chi connectivity index (χ0n) is 13.4. The van der Waals surface area contributed by atoms with Crippen molar-refractivity contribution in [2.45, 2.75) is 45.3 Å². The first-order valence-electron chi connectivity index (χ1n) is 8.06. The van der Waals surface area contributed by atoms with E-state index in [1.54, 1.807) is 11.3 Å². The maximum atomic E-state index is 4.72. The topological polar surface area (TPSA) is 39.7 Å². The van der Waals surface area contributed by atoms with Gasteiger partial charge >= 0.3 is 0 Å². The van der Waals surface area contributed by atoms with Crippen LogP contribution in [0.3, 0.4) is 0 Å². The minimum Gasteiger partial charge on any atom is -0.357 e. The largest absolute Gasteiger partial charge is 0.357 e. The molecule has 3 rings (SSSR count). The van der Waals surface area contributed by atoms with Crippen molar-refractivity contribution in [1.29, 1.82) is 0 Å². The predicted molar refractivity (Wildman–Crippen MR) is 105 cm³/mol. The lowest BCUT2D eigenvalue weighted by atomic mass is 10.1. The number of hydrogen-bond donors (Lipinski definition) is 2. The Hall–Kier alpha value is -0.340. The molecule has 1 aliphatic heterocycles. The standard InChI is InChI=1S/C16H26N4S.HI/c1-3-17-16(18-8-13-6-7-21-11-13)19-15-10-20(9-12(15)2)14-4-5-14;/h6-7,11-12,14-15H,3-5,8-10H2,1-2H3,(H2,17,18,19);1H. The number of halogens is 1. The number of thiophene rings is 1. The molecule has 0 aromatic carbocycles. The van der Waals surface area contributed by atoms with Crippen LogP contribution < -0.4 is 10.6 Å². The highest BCUT2D eigenvalue weighted by Crippen LogP contribution is 2.31. The van der Waals surface area contributed by atoms with Crippen LogP contribution in [0.5, 0.6) is 0 Å². The van der Waals surface area contributed by atoms with Crippen LogP contribution >= 0.6 is 35.3 Å². The van der Waals surface area contributed by atoms with Gasteiger partial charge in [-0.1, -0.05) is 6.92 Å². The number of hydrogen-bond acceptors (Lipinski definition) is 3. The van der Waals surface area contributed by atoms with Gasteiger partial charge in [-0.2, -0.15) is 11.3 Å². The van der Waals surface area contributed by atoms with Crippen molar-refractivity contribution in [3.8, 4) is 0 Å². The highest BCUT2D eigenvalue weighted by atomic mass is 127. The van der Waals surface area contributed by atoms with E-state index >= 15 is 0 Å². The second-order valence-electron chi connectivity index (χ2n) is 6.24. The highest BCUT2D eigenvalue weighted by molar-refractivity contribution is 14.0. The number of likely N-dealkylation sites (tertiary alicyclic amines) is 1. The molecule has 1 aromatic rings. The molecule has 1 saturated carbocycles. The highest BCUT2D eigenvalue weighted by Gasteiger charge is 2.38. The zero-order valence-corrected chi connectivity index (χ0v) is 16.6. The van der Waals surface area contributed by atoms with E-state index < -0.39 is 0 Å². The minimum absolute atomic E-state index is 0. The van der Waals surface area contributed by atoms with E-state index in [4.69, 9.17) is 4.99 Å². The summed E-state index contributed by atoms with van der Waals surface area (Å²) >= 11 is 1.73. The van der Waals surface area contributed by atoms with Gasteiger partial charge in [-0.25, -0.2) is 4.99 Å². The van der Waals surface area contributed by atoms with Crippen molar-refractivity contribution in [2.75, 3.05) is 19.6 Å². The minimum atomic E-state index is 0. The van der Waals surface area contributed by atoms with Gasteiger partial charge in [-0.3, -0.25) is 4.90 Å². The average Bonchev–Trinajstić information content (AvgIpc) is 3.07. The van der Waals surface area contributed by atoms with Gasteiger partial charge in [-0.15, -0.1) is 24.0 Å². The molecule has 124 valence electrons. The van der Waals surface area contributed by atoms with Crippen molar-refractivity contribution < 1.29 is 0 Å². The third kappa shape index (κ3) is 4.83. The van der Waals surface area contributed by atoms with Crippen LogP contribution in [0, 0.1) is 5.92 Å². The van der Waals surface area contributed by atoms with E-state index in [0.29, 0.717) is 12.0 Å². The van der Waals surface area contributed by atoms with E-state index in [-0.39, 0.29) is 24.0 Å². The molecule has 0 spiro atoms. The molecule has 2 aliphatic rings. The van der Waals surface area contributed by atoms with Gasteiger partial charge in [0, 0.05) is 31.7 Å². The zero-order chi connectivity index (χ0) is 14.7. The van der Waals surface area contributed by atoms with Crippen LogP contribution in [0.4, 0.5) is 0 Å². The summed E-state index contributed by atoms with van der Waals surface area (Å²) in [6.07, 6.45) is 2.79. The molecule has 4 nitrogen and oxygen atoms in total. The first-order chi connectivity index (χ1) is 10.3. The smallest absolute Gasteiger partial charge is 0.191 e. The molecular formula is C16H27IN4S. The van der Waals surface area contributed by atoms with Crippen LogP contribution in [0.25, 0.3) is 0 Å². The van der Waals surface area contributed by atoms with Crippen molar-refractivity contribution in [2.24, 2.45) is 10.9 Å². The Kier molecular flexibility index (Phi) is 6.95. The fourth-order valence-corrected chi connectivity index (χ4v) is 3.64. The van der Waals surface area contributed by atoms with Gasteiger partial charge in [0.1, 0.15) is 0 Å². The second kappa shape index (κ2) is 8.49. The Morgan fingerprint density at radius 1 is 1.41 bits per heavy atom. The Bertz CT molecular complexity index is 473. The Balaban J connectivity index is 0.00000176. The Morgan fingerprint density at radius 2 is 2.23 bits per heavy atom. The second-order valence-corrected chi connectivity index (χ2v) is 7.02. The van der Waals surface area contributed by atoms with Gasteiger partial charge in [0.2, 0.25) is 0 Å². The molecule has 1 aliphatic carbocycles. The summed E-state index contributed by atoms with van der Waals surface area (Å²) in [6, 6.07) is 3.53. The van der Waals surface area contributed by atoms with E-state index in [2.05, 4.69) is 46.2 Å². The van der Waals surface area contributed by atoms with Gasteiger partial charge < -0.3 is 10.6 Å². The number of nitrogens with one attached hydrogen (secondary N) is 2. The average molecular weight is 434 g/mol. The van der Waals surface area contributed by atoms with Crippen LogP contribution in [0.1, 0.15) is 32.3 Å². The normalized spacial score (nSPS) is 25.8. The molecule has 0 bridgehead atoms. The number of rotatable bonds is 5. The van der Waals surface area contributed by atoms with Crippen LogP contribution in [-0.2, 0) is 6.54 Å². The summed E-state index contributed by atoms with van der Waals surface area (Å²) in [5.41, 5.74) is 1.29. The number of guanidine groups is 1. The molecule has 2 fully saturated rings. The quantitative estimate of drug-likeness (QED) is 0.426. The Labute approximate surface area is 154 Å². The van der Waals surface area contributed by atoms with Gasteiger partial charge in [0.15, 0.2) is 5.96 Å². The molecule has 2 N–H and O–H groups in total. The SMILES string of the molecule is CCNC(=NCc1ccsc1)NC1CN(C2CC2)CC1C.I. The summed E-state index contributed by atoms with van der Waals surface area (Å²) in [4.78, 5) is 7.37. The lowest BCUT2D eigenvalue weighted by Gasteiger charge is -2.20. The van der Waals surface area contributed by atoms with E-state index in [9.17, 15) is 0 Å². The molecule has 6 heteroatoms. The Morgan fingerprint density at radius 3 is 2.86 bits per heavy atom. The lowest BCUT2D eigenvalue weighted by Crippen LogP contribution is -2.46. The van der Waals surface area contributed by atoms with Crippen LogP contribution in [0.15, 0.2) is 21.8 Å². The van der Waals surface area contributed by atoms with E-state index in [1.807, 2.05) is 0 Å². The van der Waals surface area contributed by atoms with Gasteiger partial charge in [0.05, 0.1) is 6.54 Å². The van der Waals surface area contributed by atoms with Crippen molar-refractivity contribution in [3.05, 3.63) is 22.4 Å². The maximum absolute atomic E-state index is 4.72. The first kappa shape index (κ1) is 18.0. The molecular weight excluding hydrogens is 407 g/mol. The third-order valence-corrected chi connectivity index (χ3v) is 5.10. The maximum Gasteiger partial charge on any atom is 0.191 e. The molecule has 0 radical (unpaired) electrons. The lowest BCUT2D eigenvalue weighted by molar-refractivity contribution is 0.315. The summed E-state index contributed by atoms with van der Waals surface area (Å²) in [5, 5.41) is 11.3. The number of nitrogens with zero attached hydrogens (tertiary/aromatic N) is 2. The molecule has 22 heavy (non-hydrogen) atoms. The predicted octanol–water partition coefficient (Wildman–Crippen LogP) is 2.90. The summed E-state index contributed by atoms with van der Waals surface area (Å²) < 4.78 is 0. The van der Waals surface area contributed by atoms with Gasteiger partial charge in [-0.05, 0) is 48.1 Å². The van der Waals surface area contributed by atoms with Crippen molar-refractivity contribution >= 4 is 41.3 Å². The molecule has 2 atom stereocenters. The van der Waals surface area contributed by atoms with E-state index in [0.717, 1.165) is 31.6 Å². The summed E-state index contributed by atoms with van der Waals surface area (Å²) in [7, 11) is 0. The summed E-state index contributed by atoms with van der Waals surface area (Å²) in [6.45, 7) is 8.52. The molecule has 1 aromatic heterocycles.